The van der Waals surface area contributed by atoms with E-state index in [-0.39, 0.29) is 17.5 Å². The highest BCUT2D eigenvalue weighted by molar-refractivity contribution is 7.99. The summed E-state index contributed by atoms with van der Waals surface area (Å²) in [6.07, 6.45) is 1.14. The molecule has 2 heterocycles. The third-order valence-corrected chi connectivity index (χ3v) is 4.36. The van der Waals surface area contributed by atoms with Gasteiger partial charge in [-0.1, -0.05) is 11.8 Å². The summed E-state index contributed by atoms with van der Waals surface area (Å²) in [6.45, 7) is 4.29. The molecule has 0 bridgehead atoms. The van der Waals surface area contributed by atoms with Crippen molar-refractivity contribution >= 4 is 23.6 Å². The number of amides is 1. The highest BCUT2D eigenvalue weighted by Crippen LogP contribution is 2.21. The van der Waals surface area contributed by atoms with Crippen molar-refractivity contribution in [2.75, 3.05) is 12.3 Å². The lowest BCUT2D eigenvalue weighted by Crippen LogP contribution is -2.42. The summed E-state index contributed by atoms with van der Waals surface area (Å²) < 4.78 is 1.49. The lowest BCUT2D eigenvalue weighted by molar-refractivity contribution is -0.138. The zero-order chi connectivity index (χ0) is 15.6. The van der Waals surface area contributed by atoms with Gasteiger partial charge < -0.3 is 10.0 Å². The molecule has 0 saturated carbocycles. The predicted octanol–water partition coefficient (Wildman–Crippen LogP) is 0.674. The van der Waals surface area contributed by atoms with Gasteiger partial charge in [0.1, 0.15) is 5.56 Å². The number of thioether (sulfide) groups is 1. The molecule has 0 radical (unpaired) electrons. The minimum atomic E-state index is -0.978. The quantitative estimate of drug-likeness (QED) is 0.804. The molecule has 1 aliphatic heterocycles. The fraction of sp³-hybridized carbons (Fsp3) is 0.538. The maximum atomic E-state index is 12.5. The van der Waals surface area contributed by atoms with Gasteiger partial charge in [0.15, 0.2) is 5.16 Å². The molecule has 1 aromatic heterocycles. The molecule has 1 N–H and O–H groups in total. The lowest BCUT2D eigenvalue weighted by Gasteiger charge is -2.26. The molecule has 0 aromatic carbocycles. The molecule has 1 aliphatic rings. The standard InChI is InChI=1S/C13H17N3O4S/c1-3-15(8(2)6-10(17)18)11(19)9-7-14-13-16(12(9)20)4-5-21-13/h7-8H,3-6H2,1-2H3,(H,17,18). The van der Waals surface area contributed by atoms with Crippen molar-refractivity contribution in [1.29, 1.82) is 0 Å². The average molecular weight is 311 g/mol. The van der Waals surface area contributed by atoms with Crippen molar-refractivity contribution in [2.24, 2.45) is 0 Å². The van der Waals surface area contributed by atoms with Crippen LogP contribution in [0, 0.1) is 0 Å². The number of nitrogens with zero attached hydrogens (tertiary/aromatic N) is 3. The summed E-state index contributed by atoms with van der Waals surface area (Å²) in [4.78, 5) is 41.1. The van der Waals surface area contributed by atoms with E-state index < -0.39 is 17.9 Å². The Labute approximate surface area is 126 Å². The minimum Gasteiger partial charge on any atom is -0.481 e. The molecule has 114 valence electrons. The summed E-state index contributed by atoms with van der Waals surface area (Å²) in [5, 5.41) is 9.47. The van der Waals surface area contributed by atoms with Gasteiger partial charge in [0, 0.05) is 31.1 Å². The fourth-order valence-corrected chi connectivity index (χ4v) is 3.25. The number of carbonyl (C=O) groups excluding carboxylic acids is 1. The number of fused-ring (bicyclic) bond motifs is 1. The first kappa shape index (κ1) is 15.6. The van der Waals surface area contributed by atoms with E-state index in [1.807, 2.05) is 0 Å². The van der Waals surface area contributed by atoms with E-state index in [1.165, 1.54) is 27.4 Å². The van der Waals surface area contributed by atoms with E-state index in [0.29, 0.717) is 18.2 Å². The van der Waals surface area contributed by atoms with Crippen LogP contribution in [0.25, 0.3) is 0 Å². The highest BCUT2D eigenvalue weighted by atomic mass is 32.2. The Balaban J connectivity index is 2.30. The summed E-state index contributed by atoms with van der Waals surface area (Å²) in [5.41, 5.74) is -0.351. The number of hydrogen-bond donors (Lipinski definition) is 1. The Morgan fingerprint density at radius 3 is 2.90 bits per heavy atom. The Morgan fingerprint density at radius 1 is 1.57 bits per heavy atom. The van der Waals surface area contributed by atoms with E-state index in [1.54, 1.807) is 13.8 Å². The van der Waals surface area contributed by atoms with Crippen LogP contribution in [0.2, 0.25) is 0 Å². The van der Waals surface area contributed by atoms with E-state index in [0.717, 1.165) is 5.75 Å². The SMILES string of the molecule is CCN(C(=O)c1cnc2n(c1=O)CCS2)C(C)CC(=O)O. The topological polar surface area (TPSA) is 92.5 Å². The second kappa shape index (κ2) is 6.30. The van der Waals surface area contributed by atoms with Gasteiger partial charge in [0.2, 0.25) is 0 Å². The fourth-order valence-electron chi connectivity index (χ4n) is 2.34. The van der Waals surface area contributed by atoms with Crippen LogP contribution in [0.5, 0.6) is 0 Å². The third-order valence-electron chi connectivity index (χ3n) is 3.39. The molecular weight excluding hydrogens is 294 g/mol. The number of carboxylic acids is 1. The van der Waals surface area contributed by atoms with Gasteiger partial charge in [0.05, 0.1) is 6.42 Å². The monoisotopic (exact) mass is 311 g/mol. The van der Waals surface area contributed by atoms with Gasteiger partial charge in [-0.05, 0) is 13.8 Å². The second-order valence-corrected chi connectivity index (χ2v) is 5.86. The lowest BCUT2D eigenvalue weighted by atomic mass is 10.1. The van der Waals surface area contributed by atoms with Crippen molar-refractivity contribution in [1.82, 2.24) is 14.5 Å². The zero-order valence-electron chi connectivity index (χ0n) is 11.9. The summed E-state index contributed by atoms with van der Waals surface area (Å²) in [6, 6.07) is -0.480. The molecular formula is C13H17N3O4S. The van der Waals surface area contributed by atoms with Crippen LogP contribution in [-0.2, 0) is 11.3 Å². The molecule has 1 unspecified atom stereocenters. The summed E-state index contributed by atoms with van der Waals surface area (Å²) >= 11 is 1.48. The molecule has 7 nitrogen and oxygen atoms in total. The molecule has 1 amide bonds. The molecule has 0 fully saturated rings. The predicted molar refractivity (Wildman–Crippen MR) is 77.6 cm³/mol. The second-order valence-electron chi connectivity index (χ2n) is 4.80. The van der Waals surface area contributed by atoms with Crippen molar-refractivity contribution < 1.29 is 14.7 Å². The smallest absolute Gasteiger partial charge is 0.305 e. The molecule has 0 spiro atoms. The number of aliphatic carboxylic acids is 1. The van der Waals surface area contributed by atoms with Crippen molar-refractivity contribution in [3.63, 3.8) is 0 Å². The molecule has 8 heteroatoms. The molecule has 0 aliphatic carbocycles. The number of aromatic nitrogens is 2. The normalized spacial score (nSPS) is 14.6. The number of carboxylic acid groups (broad SMARTS) is 1. The van der Waals surface area contributed by atoms with Crippen LogP contribution in [-0.4, -0.2) is 49.8 Å². The summed E-state index contributed by atoms with van der Waals surface area (Å²) in [5.74, 6) is -0.669. The number of hydrogen-bond acceptors (Lipinski definition) is 5. The van der Waals surface area contributed by atoms with Crippen LogP contribution in [0.4, 0.5) is 0 Å². The van der Waals surface area contributed by atoms with E-state index >= 15 is 0 Å². The third kappa shape index (κ3) is 3.10. The molecule has 21 heavy (non-hydrogen) atoms. The Kier molecular flexibility index (Phi) is 4.66. The van der Waals surface area contributed by atoms with Crippen LogP contribution < -0.4 is 5.56 Å². The van der Waals surface area contributed by atoms with Crippen LogP contribution in [0.3, 0.4) is 0 Å². The largest absolute Gasteiger partial charge is 0.481 e. The van der Waals surface area contributed by atoms with Crippen LogP contribution in [0.1, 0.15) is 30.6 Å². The molecule has 1 atom stereocenters. The summed E-state index contributed by atoms with van der Waals surface area (Å²) in [7, 11) is 0. The van der Waals surface area contributed by atoms with E-state index in [4.69, 9.17) is 5.11 Å². The van der Waals surface area contributed by atoms with Crippen LogP contribution >= 0.6 is 11.8 Å². The maximum Gasteiger partial charge on any atom is 0.305 e. The van der Waals surface area contributed by atoms with Gasteiger partial charge >= 0.3 is 5.97 Å². The maximum absolute atomic E-state index is 12.5. The molecule has 0 saturated heterocycles. The van der Waals surface area contributed by atoms with E-state index in [2.05, 4.69) is 4.98 Å². The first-order valence-corrected chi connectivity index (χ1v) is 7.69. The van der Waals surface area contributed by atoms with Gasteiger partial charge in [0.25, 0.3) is 11.5 Å². The molecule has 1 aromatic rings. The average Bonchev–Trinajstić information content (AvgIpc) is 2.88. The minimum absolute atomic E-state index is 0.000314. The van der Waals surface area contributed by atoms with Crippen molar-refractivity contribution in [2.45, 2.75) is 38.0 Å². The van der Waals surface area contributed by atoms with Crippen molar-refractivity contribution in [3.05, 3.63) is 22.1 Å². The Morgan fingerprint density at radius 2 is 2.29 bits per heavy atom. The van der Waals surface area contributed by atoms with E-state index in [9.17, 15) is 14.4 Å². The van der Waals surface area contributed by atoms with Gasteiger partial charge in [-0.3, -0.25) is 19.0 Å². The first-order chi connectivity index (χ1) is 9.95. The number of carbonyl (C=O) groups is 2. The highest BCUT2D eigenvalue weighted by Gasteiger charge is 2.26. The first-order valence-electron chi connectivity index (χ1n) is 6.71. The van der Waals surface area contributed by atoms with Gasteiger partial charge in [-0.2, -0.15) is 0 Å². The Hall–Kier alpha value is -1.83. The zero-order valence-corrected chi connectivity index (χ0v) is 12.7. The molecule has 2 rings (SSSR count). The Bertz CT molecular complexity index is 628. The van der Waals surface area contributed by atoms with Crippen LogP contribution in [0.15, 0.2) is 16.1 Å². The number of rotatable bonds is 5. The van der Waals surface area contributed by atoms with Gasteiger partial charge in [-0.15, -0.1) is 0 Å². The van der Waals surface area contributed by atoms with Gasteiger partial charge in [-0.25, -0.2) is 4.98 Å². The van der Waals surface area contributed by atoms with Crippen molar-refractivity contribution in [3.8, 4) is 0 Å².